The summed E-state index contributed by atoms with van der Waals surface area (Å²) in [6, 6.07) is 4.32. The molecule has 0 bridgehead atoms. The number of rotatable bonds is 5. The van der Waals surface area contributed by atoms with Crippen LogP contribution in [0.15, 0.2) is 24.3 Å². The molecular weight excluding hydrogens is 241 g/mol. The lowest BCUT2D eigenvalue weighted by atomic mass is 10.1. The molecule has 5 nitrogen and oxygen atoms in total. The van der Waals surface area contributed by atoms with Crippen LogP contribution in [0, 0.1) is 5.82 Å². The monoisotopic (exact) mass is 255 g/mol. The summed E-state index contributed by atoms with van der Waals surface area (Å²) in [7, 11) is 0. The number of aliphatic hydroxyl groups is 1. The number of hydrogen-bond acceptors (Lipinski definition) is 3. The van der Waals surface area contributed by atoms with Crippen molar-refractivity contribution in [2.24, 2.45) is 0 Å². The molecule has 0 aliphatic heterocycles. The van der Waals surface area contributed by atoms with Crippen molar-refractivity contribution < 1.29 is 24.2 Å². The summed E-state index contributed by atoms with van der Waals surface area (Å²) < 4.78 is 13.3. The van der Waals surface area contributed by atoms with Gasteiger partial charge in [0.1, 0.15) is 5.82 Å². The van der Waals surface area contributed by atoms with Gasteiger partial charge in [0.15, 0.2) is 6.04 Å². The SMILES string of the molecule is C[C@@H](O)[C@H](NC(=O)Cc1ccccc1F)C(=O)O. The zero-order valence-electron chi connectivity index (χ0n) is 9.76. The molecule has 0 saturated heterocycles. The minimum Gasteiger partial charge on any atom is -0.480 e. The molecule has 0 fully saturated rings. The number of nitrogens with one attached hydrogen (secondary N) is 1. The van der Waals surface area contributed by atoms with E-state index >= 15 is 0 Å². The van der Waals surface area contributed by atoms with Gasteiger partial charge in [0.2, 0.25) is 5.91 Å². The van der Waals surface area contributed by atoms with Gasteiger partial charge in [0.05, 0.1) is 12.5 Å². The number of carboxylic acid groups (broad SMARTS) is 1. The minimum absolute atomic E-state index is 0.171. The van der Waals surface area contributed by atoms with Crippen molar-refractivity contribution in [2.75, 3.05) is 0 Å². The lowest BCUT2D eigenvalue weighted by Gasteiger charge is -2.17. The van der Waals surface area contributed by atoms with Crippen LogP contribution in [-0.4, -0.2) is 34.2 Å². The third kappa shape index (κ3) is 3.81. The molecule has 2 atom stereocenters. The normalized spacial score (nSPS) is 13.7. The largest absolute Gasteiger partial charge is 0.480 e. The van der Waals surface area contributed by atoms with E-state index in [0.29, 0.717) is 0 Å². The van der Waals surface area contributed by atoms with Crippen LogP contribution in [0.2, 0.25) is 0 Å². The topological polar surface area (TPSA) is 86.6 Å². The zero-order chi connectivity index (χ0) is 13.7. The Labute approximate surface area is 103 Å². The fraction of sp³-hybridized carbons (Fsp3) is 0.333. The van der Waals surface area contributed by atoms with Crippen LogP contribution in [0.4, 0.5) is 4.39 Å². The minimum atomic E-state index is -1.40. The molecule has 6 heteroatoms. The van der Waals surface area contributed by atoms with Crippen molar-refractivity contribution in [3.8, 4) is 0 Å². The number of carbonyl (C=O) groups is 2. The zero-order valence-corrected chi connectivity index (χ0v) is 9.76. The third-order valence-electron chi connectivity index (χ3n) is 2.37. The molecule has 0 radical (unpaired) electrons. The van der Waals surface area contributed by atoms with Crippen molar-refractivity contribution in [3.05, 3.63) is 35.6 Å². The number of benzene rings is 1. The number of hydrogen-bond donors (Lipinski definition) is 3. The first-order valence-electron chi connectivity index (χ1n) is 5.35. The molecule has 98 valence electrons. The Morgan fingerprint density at radius 2 is 2.00 bits per heavy atom. The molecule has 0 unspecified atom stereocenters. The molecule has 1 aromatic rings. The molecule has 18 heavy (non-hydrogen) atoms. The maximum atomic E-state index is 13.3. The summed E-state index contributed by atoms with van der Waals surface area (Å²) >= 11 is 0. The molecular formula is C12H14FNO4. The van der Waals surface area contributed by atoms with Crippen LogP contribution in [0.5, 0.6) is 0 Å². The highest BCUT2D eigenvalue weighted by molar-refractivity contribution is 5.85. The second-order valence-electron chi connectivity index (χ2n) is 3.89. The Morgan fingerprint density at radius 3 is 2.50 bits per heavy atom. The first kappa shape index (κ1) is 14.1. The van der Waals surface area contributed by atoms with Gasteiger partial charge >= 0.3 is 5.97 Å². The van der Waals surface area contributed by atoms with Gasteiger partial charge in [-0.25, -0.2) is 9.18 Å². The molecule has 0 heterocycles. The van der Waals surface area contributed by atoms with Crippen molar-refractivity contribution in [1.82, 2.24) is 5.32 Å². The van der Waals surface area contributed by atoms with Gasteiger partial charge in [-0.15, -0.1) is 0 Å². The standard InChI is InChI=1S/C12H14FNO4/c1-7(15)11(12(17)18)14-10(16)6-8-4-2-3-5-9(8)13/h2-5,7,11,15H,6H2,1H3,(H,14,16)(H,17,18)/t7-,11+/m1/s1. The lowest BCUT2D eigenvalue weighted by molar-refractivity contribution is -0.144. The van der Waals surface area contributed by atoms with Gasteiger partial charge in [0, 0.05) is 0 Å². The van der Waals surface area contributed by atoms with E-state index in [2.05, 4.69) is 5.32 Å². The second-order valence-corrected chi connectivity index (χ2v) is 3.89. The summed E-state index contributed by atoms with van der Waals surface area (Å²) in [5.41, 5.74) is 0.171. The van der Waals surface area contributed by atoms with E-state index in [4.69, 9.17) is 5.11 Å². The molecule has 0 aliphatic carbocycles. The Bertz CT molecular complexity index is 447. The number of aliphatic hydroxyl groups excluding tert-OH is 1. The van der Waals surface area contributed by atoms with E-state index in [0.717, 1.165) is 0 Å². The van der Waals surface area contributed by atoms with Crippen molar-refractivity contribution in [2.45, 2.75) is 25.5 Å². The maximum Gasteiger partial charge on any atom is 0.328 e. The molecule has 0 aliphatic rings. The lowest BCUT2D eigenvalue weighted by Crippen LogP contribution is -2.48. The van der Waals surface area contributed by atoms with Gasteiger partial charge < -0.3 is 15.5 Å². The summed E-state index contributed by atoms with van der Waals surface area (Å²) in [6.45, 7) is 1.25. The van der Waals surface area contributed by atoms with Gasteiger partial charge in [-0.05, 0) is 18.6 Å². The molecule has 0 spiro atoms. The Hall–Kier alpha value is -1.95. The van der Waals surface area contributed by atoms with E-state index in [9.17, 15) is 19.1 Å². The van der Waals surface area contributed by atoms with Gasteiger partial charge in [-0.2, -0.15) is 0 Å². The molecule has 3 N–H and O–H groups in total. The summed E-state index contributed by atoms with van der Waals surface area (Å²) in [6.07, 6.45) is -1.50. The number of halogens is 1. The van der Waals surface area contributed by atoms with E-state index in [-0.39, 0.29) is 12.0 Å². The van der Waals surface area contributed by atoms with Crippen molar-refractivity contribution in [3.63, 3.8) is 0 Å². The highest BCUT2D eigenvalue weighted by atomic mass is 19.1. The predicted molar refractivity (Wildman–Crippen MR) is 61.4 cm³/mol. The van der Waals surface area contributed by atoms with Crippen LogP contribution in [0.1, 0.15) is 12.5 Å². The Morgan fingerprint density at radius 1 is 1.39 bits per heavy atom. The second kappa shape index (κ2) is 6.11. The van der Waals surface area contributed by atoms with Crippen LogP contribution < -0.4 is 5.32 Å². The Kier molecular flexibility index (Phi) is 4.79. The number of carboxylic acids is 1. The van der Waals surface area contributed by atoms with Gasteiger partial charge in [-0.1, -0.05) is 18.2 Å². The number of carbonyl (C=O) groups excluding carboxylic acids is 1. The summed E-state index contributed by atoms with van der Waals surface area (Å²) in [4.78, 5) is 22.3. The number of aliphatic carboxylic acids is 1. The van der Waals surface area contributed by atoms with E-state index in [1.165, 1.54) is 25.1 Å². The van der Waals surface area contributed by atoms with Crippen molar-refractivity contribution in [1.29, 1.82) is 0 Å². The molecule has 0 aromatic heterocycles. The quantitative estimate of drug-likeness (QED) is 0.707. The highest BCUT2D eigenvalue weighted by Gasteiger charge is 2.25. The smallest absolute Gasteiger partial charge is 0.328 e. The van der Waals surface area contributed by atoms with Crippen LogP contribution >= 0.6 is 0 Å². The summed E-state index contributed by atoms with van der Waals surface area (Å²) in [5, 5.41) is 20.1. The van der Waals surface area contributed by atoms with Crippen LogP contribution in [-0.2, 0) is 16.0 Å². The fourth-order valence-corrected chi connectivity index (χ4v) is 1.43. The van der Waals surface area contributed by atoms with Gasteiger partial charge in [-0.3, -0.25) is 4.79 Å². The van der Waals surface area contributed by atoms with E-state index in [1.807, 2.05) is 0 Å². The van der Waals surface area contributed by atoms with Gasteiger partial charge in [0.25, 0.3) is 0 Å². The predicted octanol–water partition coefficient (Wildman–Crippen LogP) is 0.318. The summed E-state index contributed by atoms with van der Waals surface area (Å²) in [5.74, 6) is -2.53. The van der Waals surface area contributed by atoms with E-state index in [1.54, 1.807) is 6.07 Å². The first-order chi connectivity index (χ1) is 8.41. The van der Waals surface area contributed by atoms with E-state index < -0.39 is 29.8 Å². The molecule has 1 amide bonds. The highest BCUT2D eigenvalue weighted by Crippen LogP contribution is 2.07. The average Bonchev–Trinajstić information content (AvgIpc) is 2.28. The van der Waals surface area contributed by atoms with Crippen LogP contribution in [0.25, 0.3) is 0 Å². The molecule has 1 rings (SSSR count). The average molecular weight is 255 g/mol. The molecule has 0 saturated carbocycles. The number of amides is 1. The molecule has 1 aromatic carbocycles. The fourth-order valence-electron chi connectivity index (χ4n) is 1.43. The maximum absolute atomic E-state index is 13.3. The van der Waals surface area contributed by atoms with Crippen LogP contribution in [0.3, 0.4) is 0 Å². The third-order valence-corrected chi connectivity index (χ3v) is 2.37. The van der Waals surface area contributed by atoms with Crippen molar-refractivity contribution >= 4 is 11.9 Å². The first-order valence-corrected chi connectivity index (χ1v) is 5.35. The Balaban J connectivity index is 2.67.